The number of anilines is 1. The van der Waals surface area contributed by atoms with E-state index in [9.17, 15) is 4.79 Å². The number of hydrogen-bond acceptors (Lipinski definition) is 3. The summed E-state index contributed by atoms with van der Waals surface area (Å²) >= 11 is 4.98. The predicted molar refractivity (Wildman–Crippen MR) is 58.8 cm³/mol. The van der Waals surface area contributed by atoms with Gasteiger partial charge in [0.2, 0.25) is 0 Å². The molecule has 0 spiro atoms. The van der Waals surface area contributed by atoms with Gasteiger partial charge in [0.25, 0.3) is 5.56 Å². The van der Waals surface area contributed by atoms with Crippen molar-refractivity contribution in [2.45, 2.75) is 0 Å². The summed E-state index contributed by atoms with van der Waals surface area (Å²) in [5.41, 5.74) is 6.69. The summed E-state index contributed by atoms with van der Waals surface area (Å²) < 4.78 is 1.77. The van der Waals surface area contributed by atoms with Crippen molar-refractivity contribution in [2.75, 3.05) is 5.73 Å². The van der Waals surface area contributed by atoms with Gasteiger partial charge in [-0.3, -0.25) is 9.36 Å². The fraction of sp³-hybridized carbons (Fsp3) is 0.111. The van der Waals surface area contributed by atoms with Crippen molar-refractivity contribution in [1.29, 1.82) is 0 Å². The highest BCUT2D eigenvalue weighted by atomic mass is 32.1. The Hall–Kier alpha value is -1.62. The first-order valence-corrected chi connectivity index (χ1v) is 4.49. The highest BCUT2D eigenvalue weighted by Gasteiger charge is 2.04. The summed E-state index contributed by atoms with van der Waals surface area (Å²) in [7, 11) is 1.62. The van der Waals surface area contributed by atoms with Crippen LogP contribution in [0, 0.1) is 4.77 Å². The van der Waals surface area contributed by atoms with Gasteiger partial charge in [-0.1, -0.05) is 6.07 Å². The number of H-pyrrole nitrogens is 1. The molecule has 0 amide bonds. The number of nitrogens with two attached hydrogens (primary N) is 1. The summed E-state index contributed by atoms with van der Waals surface area (Å²) in [6.07, 6.45) is 0. The SMILES string of the molecule is Cn1c(=S)[nH]c2cccc(N)c2c1=O. The van der Waals surface area contributed by atoms with E-state index in [1.807, 2.05) is 0 Å². The van der Waals surface area contributed by atoms with Gasteiger partial charge in [0.1, 0.15) is 0 Å². The van der Waals surface area contributed by atoms with Crippen LogP contribution in [0.2, 0.25) is 0 Å². The first-order valence-electron chi connectivity index (χ1n) is 4.09. The summed E-state index contributed by atoms with van der Waals surface area (Å²) in [6, 6.07) is 5.26. The number of nitrogen functional groups attached to an aromatic ring is 1. The van der Waals surface area contributed by atoms with Crippen LogP contribution < -0.4 is 11.3 Å². The fourth-order valence-electron chi connectivity index (χ4n) is 1.37. The third-order valence-electron chi connectivity index (χ3n) is 2.16. The van der Waals surface area contributed by atoms with Crippen LogP contribution in [0.4, 0.5) is 5.69 Å². The van der Waals surface area contributed by atoms with Crippen LogP contribution in [0.1, 0.15) is 0 Å². The zero-order chi connectivity index (χ0) is 10.3. The zero-order valence-electron chi connectivity index (χ0n) is 7.57. The van der Waals surface area contributed by atoms with Crippen molar-refractivity contribution >= 4 is 28.8 Å². The average Bonchev–Trinajstić information content (AvgIpc) is 2.14. The Kier molecular flexibility index (Phi) is 1.89. The lowest BCUT2D eigenvalue weighted by Crippen LogP contribution is -2.19. The Labute approximate surface area is 85.0 Å². The van der Waals surface area contributed by atoms with E-state index >= 15 is 0 Å². The van der Waals surface area contributed by atoms with Crippen molar-refractivity contribution < 1.29 is 0 Å². The van der Waals surface area contributed by atoms with Crippen LogP contribution in [0.15, 0.2) is 23.0 Å². The van der Waals surface area contributed by atoms with Crippen molar-refractivity contribution in [1.82, 2.24) is 9.55 Å². The van der Waals surface area contributed by atoms with Crippen LogP contribution in [-0.4, -0.2) is 9.55 Å². The molecule has 0 saturated carbocycles. The van der Waals surface area contributed by atoms with Crippen molar-refractivity contribution in [2.24, 2.45) is 7.05 Å². The van der Waals surface area contributed by atoms with Crippen molar-refractivity contribution in [3.63, 3.8) is 0 Å². The average molecular weight is 207 g/mol. The molecule has 3 N–H and O–H groups in total. The highest BCUT2D eigenvalue weighted by Crippen LogP contribution is 2.13. The van der Waals surface area contributed by atoms with E-state index in [4.69, 9.17) is 18.0 Å². The molecule has 0 unspecified atom stereocenters. The van der Waals surface area contributed by atoms with Gasteiger partial charge in [-0.05, 0) is 24.4 Å². The second kappa shape index (κ2) is 2.95. The van der Waals surface area contributed by atoms with E-state index in [-0.39, 0.29) is 5.56 Å². The van der Waals surface area contributed by atoms with Crippen molar-refractivity contribution in [3.05, 3.63) is 33.3 Å². The van der Waals surface area contributed by atoms with Crippen molar-refractivity contribution in [3.8, 4) is 0 Å². The molecule has 0 fully saturated rings. The standard InChI is InChI=1S/C9H9N3OS/c1-12-8(13)7-5(10)3-2-4-6(7)11-9(12)14/h2-4H,10H2,1H3,(H,11,14). The van der Waals surface area contributed by atoms with Crippen LogP contribution >= 0.6 is 12.2 Å². The minimum absolute atomic E-state index is 0.165. The lowest BCUT2D eigenvalue weighted by atomic mass is 10.2. The fourth-order valence-corrected chi connectivity index (χ4v) is 1.56. The summed E-state index contributed by atoms with van der Waals surface area (Å²) in [4.78, 5) is 14.7. The second-order valence-corrected chi connectivity index (χ2v) is 3.45. The molecule has 1 heterocycles. The van der Waals surface area contributed by atoms with Crippen LogP contribution in [0.3, 0.4) is 0 Å². The summed E-state index contributed by atoms with van der Waals surface area (Å²) in [6.45, 7) is 0. The number of benzene rings is 1. The highest BCUT2D eigenvalue weighted by molar-refractivity contribution is 7.71. The van der Waals surface area contributed by atoms with Gasteiger partial charge in [-0.2, -0.15) is 0 Å². The predicted octanol–water partition coefficient (Wildman–Crippen LogP) is 1.18. The van der Waals surface area contributed by atoms with Crippen LogP contribution in [-0.2, 0) is 7.05 Å². The molecule has 0 bridgehead atoms. The largest absolute Gasteiger partial charge is 0.398 e. The molecule has 0 atom stereocenters. The molecule has 2 aromatic rings. The number of rotatable bonds is 0. The minimum atomic E-state index is -0.165. The minimum Gasteiger partial charge on any atom is -0.398 e. The number of aromatic nitrogens is 2. The molecule has 14 heavy (non-hydrogen) atoms. The molecular formula is C9H9N3OS. The third kappa shape index (κ3) is 1.13. The van der Waals surface area contributed by atoms with E-state index in [0.29, 0.717) is 21.4 Å². The van der Waals surface area contributed by atoms with Gasteiger partial charge in [0.15, 0.2) is 4.77 Å². The third-order valence-corrected chi connectivity index (χ3v) is 2.54. The van der Waals surface area contributed by atoms with Crippen LogP contribution in [0.25, 0.3) is 10.9 Å². The van der Waals surface area contributed by atoms with Gasteiger partial charge in [-0.25, -0.2) is 0 Å². The Morgan fingerprint density at radius 2 is 2.21 bits per heavy atom. The Balaban J connectivity index is 3.15. The van der Waals surface area contributed by atoms with Gasteiger partial charge in [-0.15, -0.1) is 0 Å². The van der Waals surface area contributed by atoms with E-state index < -0.39 is 0 Å². The molecule has 0 aliphatic heterocycles. The van der Waals surface area contributed by atoms with E-state index in [1.165, 1.54) is 4.57 Å². The van der Waals surface area contributed by atoms with Crippen LogP contribution in [0.5, 0.6) is 0 Å². The summed E-state index contributed by atoms with van der Waals surface area (Å²) in [5, 5.41) is 0.489. The molecule has 0 saturated heterocycles. The molecule has 1 aromatic carbocycles. The topological polar surface area (TPSA) is 63.8 Å². The second-order valence-electron chi connectivity index (χ2n) is 3.06. The molecule has 72 valence electrons. The molecule has 1 aromatic heterocycles. The molecule has 0 radical (unpaired) electrons. The number of fused-ring (bicyclic) bond motifs is 1. The number of hydrogen-bond donors (Lipinski definition) is 2. The smallest absolute Gasteiger partial charge is 0.263 e. The molecule has 2 rings (SSSR count). The quantitative estimate of drug-likeness (QED) is 0.503. The first kappa shape index (κ1) is 8.96. The molecule has 4 nitrogen and oxygen atoms in total. The lowest BCUT2D eigenvalue weighted by Gasteiger charge is -2.03. The lowest BCUT2D eigenvalue weighted by molar-refractivity contribution is 0.824. The van der Waals surface area contributed by atoms with Gasteiger partial charge >= 0.3 is 0 Å². The Morgan fingerprint density at radius 1 is 1.50 bits per heavy atom. The Bertz CT molecular complexity index is 611. The number of nitrogens with one attached hydrogen (secondary N) is 1. The van der Waals surface area contributed by atoms with Gasteiger partial charge in [0.05, 0.1) is 10.9 Å². The first-order chi connectivity index (χ1) is 6.61. The maximum atomic E-state index is 11.8. The number of nitrogens with zero attached hydrogens (tertiary/aromatic N) is 1. The summed E-state index contributed by atoms with van der Waals surface area (Å²) in [5.74, 6) is 0. The molecule has 5 heteroatoms. The maximum absolute atomic E-state index is 11.8. The normalized spacial score (nSPS) is 10.6. The van der Waals surface area contributed by atoms with Gasteiger partial charge < -0.3 is 10.7 Å². The maximum Gasteiger partial charge on any atom is 0.263 e. The monoisotopic (exact) mass is 207 g/mol. The number of aromatic amines is 1. The van der Waals surface area contributed by atoms with E-state index in [1.54, 1.807) is 25.2 Å². The zero-order valence-corrected chi connectivity index (χ0v) is 8.39. The Morgan fingerprint density at radius 3 is 2.93 bits per heavy atom. The van der Waals surface area contributed by atoms with E-state index in [0.717, 1.165) is 0 Å². The molecular weight excluding hydrogens is 198 g/mol. The van der Waals surface area contributed by atoms with E-state index in [2.05, 4.69) is 4.98 Å². The molecule has 0 aliphatic carbocycles. The molecule has 0 aliphatic rings. The van der Waals surface area contributed by atoms with Gasteiger partial charge in [0, 0.05) is 12.7 Å².